The number of rotatable bonds is 17. The van der Waals surface area contributed by atoms with Gasteiger partial charge in [-0.2, -0.15) is 0 Å². The molecule has 0 aliphatic rings. The molecule has 0 bridgehead atoms. The smallest absolute Gasteiger partial charge is 0.303 e. The highest BCUT2D eigenvalue weighted by Crippen LogP contribution is 2.21. The third kappa shape index (κ3) is 19.6. The summed E-state index contributed by atoms with van der Waals surface area (Å²) in [5, 5.41) is 8.64. The van der Waals surface area contributed by atoms with Gasteiger partial charge in [0.25, 0.3) is 0 Å². The molecule has 0 saturated heterocycles. The third-order valence-electron chi connectivity index (χ3n) is 4.57. The average Bonchev–Trinajstić information content (AvgIpc) is 2.51. The van der Waals surface area contributed by atoms with Gasteiger partial charge < -0.3 is 9.84 Å². The zero-order valence-corrected chi connectivity index (χ0v) is 17.4. The number of carbonyl (C=O) groups is 1. The van der Waals surface area contributed by atoms with Crippen LogP contribution in [0.2, 0.25) is 0 Å². The first-order valence-corrected chi connectivity index (χ1v) is 10.7. The number of unbranched alkanes of at least 4 members (excludes halogenated alkanes) is 10. The zero-order chi connectivity index (χ0) is 19.0. The minimum atomic E-state index is -0.673. The van der Waals surface area contributed by atoms with Crippen molar-refractivity contribution in [1.82, 2.24) is 0 Å². The molecular weight excluding hydrogens is 312 g/mol. The highest BCUT2D eigenvalue weighted by Gasteiger charge is 2.18. The third-order valence-corrected chi connectivity index (χ3v) is 4.57. The monoisotopic (exact) mass is 356 g/mol. The summed E-state index contributed by atoms with van der Waals surface area (Å²) in [7, 11) is 0. The predicted octanol–water partition coefficient (Wildman–Crippen LogP) is 7.13. The van der Waals surface area contributed by atoms with E-state index in [-0.39, 0.29) is 5.60 Å². The largest absolute Gasteiger partial charge is 0.481 e. The summed E-state index contributed by atoms with van der Waals surface area (Å²) in [6.45, 7) is 8.71. The second-order valence-corrected chi connectivity index (χ2v) is 8.46. The van der Waals surface area contributed by atoms with Crippen LogP contribution in [-0.4, -0.2) is 22.8 Å². The number of ether oxygens (including phenoxy) is 1. The van der Waals surface area contributed by atoms with Crippen LogP contribution < -0.4 is 0 Å². The van der Waals surface area contributed by atoms with Crippen LogP contribution in [0.4, 0.5) is 0 Å². The van der Waals surface area contributed by atoms with Gasteiger partial charge >= 0.3 is 5.97 Å². The fraction of sp³-hybridized carbons (Fsp3) is 0.955. The standard InChI is InChI=1S/C22H44O3/c1-5-6-7-8-9-11-14-17-20(25-22(2,3)4)18-15-12-10-13-16-19-21(23)24/h20H,5-19H2,1-4H3,(H,23,24). The molecular formula is C22H44O3. The lowest BCUT2D eigenvalue weighted by Crippen LogP contribution is -2.27. The van der Waals surface area contributed by atoms with E-state index in [2.05, 4.69) is 27.7 Å². The van der Waals surface area contributed by atoms with E-state index in [9.17, 15) is 4.79 Å². The van der Waals surface area contributed by atoms with Gasteiger partial charge in [-0.05, 0) is 40.0 Å². The molecule has 0 heterocycles. The first-order chi connectivity index (χ1) is 11.8. The minimum Gasteiger partial charge on any atom is -0.481 e. The number of aliphatic carboxylic acids is 1. The summed E-state index contributed by atoms with van der Waals surface area (Å²) in [5.74, 6) is -0.673. The highest BCUT2D eigenvalue weighted by molar-refractivity contribution is 5.66. The van der Waals surface area contributed by atoms with Gasteiger partial charge in [0.2, 0.25) is 0 Å². The van der Waals surface area contributed by atoms with E-state index in [0.29, 0.717) is 12.5 Å². The van der Waals surface area contributed by atoms with Crippen molar-refractivity contribution in [2.45, 2.75) is 136 Å². The van der Waals surface area contributed by atoms with Crippen LogP contribution in [0.25, 0.3) is 0 Å². The average molecular weight is 357 g/mol. The van der Waals surface area contributed by atoms with Crippen molar-refractivity contribution in [1.29, 1.82) is 0 Å². The van der Waals surface area contributed by atoms with E-state index in [1.54, 1.807) is 0 Å². The van der Waals surface area contributed by atoms with Crippen molar-refractivity contribution in [3.63, 3.8) is 0 Å². The van der Waals surface area contributed by atoms with Gasteiger partial charge in [0.05, 0.1) is 11.7 Å². The molecule has 3 nitrogen and oxygen atoms in total. The number of hydrogen-bond donors (Lipinski definition) is 1. The molecule has 0 aromatic rings. The van der Waals surface area contributed by atoms with Crippen molar-refractivity contribution >= 4 is 5.97 Å². The molecule has 0 rings (SSSR count). The molecule has 25 heavy (non-hydrogen) atoms. The van der Waals surface area contributed by atoms with Gasteiger partial charge in [-0.1, -0.05) is 77.6 Å². The SMILES string of the molecule is CCCCCCCCCC(CCCCCCCC(=O)O)OC(C)(C)C. The quantitative estimate of drug-likeness (QED) is 0.282. The lowest BCUT2D eigenvalue weighted by Gasteiger charge is -2.28. The van der Waals surface area contributed by atoms with Gasteiger partial charge in [-0.15, -0.1) is 0 Å². The lowest BCUT2D eigenvalue weighted by molar-refractivity contribution is -0.137. The molecule has 0 saturated carbocycles. The Hall–Kier alpha value is -0.570. The van der Waals surface area contributed by atoms with E-state index in [0.717, 1.165) is 25.7 Å². The van der Waals surface area contributed by atoms with Crippen molar-refractivity contribution < 1.29 is 14.6 Å². The molecule has 0 fully saturated rings. The van der Waals surface area contributed by atoms with E-state index in [4.69, 9.17) is 9.84 Å². The van der Waals surface area contributed by atoms with Crippen molar-refractivity contribution in [2.24, 2.45) is 0 Å². The second-order valence-electron chi connectivity index (χ2n) is 8.46. The maximum Gasteiger partial charge on any atom is 0.303 e. The first-order valence-electron chi connectivity index (χ1n) is 10.7. The van der Waals surface area contributed by atoms with Crippen LogP contribution >= 0.6 is 0 Å². The molecule has 3 heteroatoms. The van der Waals surface area contributed by atoms with Crippen molar-refractivity contribution in [2.75, 3.05) is 0 Å². The van der Waals surface area contributed by atoms with E-state index >= 15 is 0 Å². The molecule has 0 aliphatic carbocycles. The normalized spacial score (nSPS) is 13.1. The lowest BCUT2D eigenvalue weighted by atomic mass is 10.0. The first kappa shape index (κ1) is 24.4. The van der Waals surface area contributed by atoms with Crippen LogP contribution in [0.5, 0.6) is 0 Å². The van der Waals surface area contributed by atoms with Gasteiger partial charge in [0.15, 0.2) is 0 Å². The van der Waals surface area contributed by atoms with Crippen LogP contribution in [0.1, 0.15) is 124 Å². The molecule has 1 N–H and O–H groups in total. The summed E-state index contributed by atoms with van der Waals surface area (Å²) in [6.07, 6.45) is 17.9. The van der Waals surface area contributed by atoms with Crippen LogP contribution in [-0.2, 0) is 9.53 Å². The number of hydrogen-bond acceptors (Lipinski definition) is 2. The van der Waals surface area contributed by atoms with Gasteiger partial charge in [-0.3, -0.25) is 4.79 Å². The minimum absolute atomic E-state index is 0.0622. The number of carboxylic acid groups (broad SMARTS) is 1. The highest BCUT2D eigenvalue weighted by atomic mass is 16.5. The second kappa shape index (κ2) is 15.7. The summed E-state index contributed by atoms with van der Waals surface area (Å²) < 4.78 is 6.26. The van der Waals surface area contributed by atoms with Crippen LogP contribution in [0.15, 0.2) is 0 Å². The Labute approximate surface area is 156 Å². The van der Waals surface area contributed by atoms with Crippen LogP contribution in [0, 0.1) is 0 Å². The summed E-state index contributed by atoms with van der Waals surface area (Å²) >= 11 is 0. The van der Waals surface area contributed by atoms with Gasteiger partial charge in [-0.25, -0.2) is 0 Å². The summed E-state index contributed by atoms with van der Waals surface area (Å²) in [5.41, 5.74) is -0.0622. The molecule has 0 amide bonds. The van der Waals surface area contributed by atoms with E-state index in [1.807, 2.05) is 0 Å². The van der Waals surface area contributed by atoms with Crippen molar-refractivity contribution in [3.8, 4) is 0 Å². The Balaban J connectivity index is 3.81. The number of carboxylic acids is 1. The summed E-state index contributed by atoms with van der Waals surface area (Å²) in [6, 6.07) is 0. The van der Waals surface area contributed by atoms with E-state index in [1.165, 1.54) is 64.2 Å². The molecule has 0 radical (unpaired) electrons. The van der Waals surface area contributed by atoms with Gasteiger partial charge in [0.1, 0.15) is 0 Å². The van der Waals surface area contributed by atoms with Gasteiger partial charge in [0, 0.05) is 6.42 Å². The maximum absolute atomic E-state index is 10.5. The molecule has 0 aromatic carbocycles. The molecule has 1 unspecified atom stereocenters. The Morgan fingerprint density at radius 1 is 0.800 bits per heavy atom. The Morgan fingerprint density at radius 2 is 1.24 bits per heavy atom. The molecule has 0 aliphatic heterocycles. The molecule has 0 aromatic heterocycles. The van der Waals surface area contributed by atoms with Crippen molar-refractivity contribution in [3.05, 3.63) is 0 Å². The fourth-order valence-corrected chi connectivity index (χ4v) is 3.27. The topological polar surface area (TPSA) is 46.5 Å². The Kier molecular flexibility index (Phi) is 15.3. The zero-order valence-electron chi connectivity index (χ0n) is 17.4. The fourth-order valence-electron chi connectivity index (χ4n) is 3.27. The Bertz CT molecular complexity index is 307. The van der Waals surface area contributed by atoms with Crippen LogP contribution in [0.3, 0.4) is 0 Å². The molecule has 150 valence electrons. The maximum atomic E-state index is 10.5. The predicted molar refractivity (Wildman–Crippen MR) is 107 cm³/mol. The summed E-state index contributed by atoms with van der Waals surface area (Å²) in [4.78, 5) is 10.5. The Morgan fingerprint density at radius 3 is 1.68 bits per heavy atom. The molecule has 1 atom stereocenters. The van der Waals surface area contributed by atoms with E-state index < -0.39 is 5.97 Å². The molecule has 0 spiro atoms.